The van der Waals surface area contributed by atoms with E-state index in [1.165, 1.54) is 12.1 Å². The third-order valence-corrected chi connectivity index (χ3v) is 3.07. The van der Waals surface area contributed by atoms with Gasteiger partial charge in [-0.15, -0.1) is 0 Å². The molecule has 0 amide bonds. The van der Waals surface area contributed by atoms with Gasteiger partial charge in [-0.3, -0.25) is 15.2 Å². The van der Waals surface area contributed by atoms with Gasteiger partial charge in [0.2, 0.25) is 0 Å². The van der Waals surface area contributed by atoms with Crippen molar-refractivity contribution in [1.82, 2.24) is 10.2 Å². The summed E-state index contributed by atoms with van der Waals surface area (Å²) in [5, 5.41) is 27.8. The Morgan fingerprint density at radius 1 is 1.37 bits per heavy atom. The number of aromatic amines is 1. The molecule has 0 radical (unpaired) electrons. The number of rotatable bonds is 4. The van der Waals surface area contributed by atoms with Crippen LogP contribution >= 0.6 is 0 Å². The minimum Gasteiger partial charge on any atom is -0.507 e. The standard InChI is InChI=1S/C13H15N3O3/c1-3-10-13(11(4-2)15-14-10)9-6-5-8(16(18)19)7-12(9)17/h5-7,17H,3-4H2,1-2H3,(H,14,15). The lowest BCUT2D eigenvalue weighted by Crippen LogP contribution is -1.91. The monoisotopic (exact) mass is 261 g/mol. The molecule has 2 aromatic rings. The number of non-ortho nitro benzene ring substituents is 1. The molecule has 1 heterocycles. The molecule has 6 heteroatoms. The lowest BCUT2D eigenvalue weighted by Gasteiger charge is -2.06. The maximum atomic E-state index is 10.7. The van der Waals surface area contributed by atoms with Gasteiger partial charge < -0.3 is 5.11 Å². The Morgan fingerprint density at radius 3 is 2.63 bits per heavy atom. The van der Waals surface area contributed by atoms with Crippen molar-refractivity contribution < 1.29 is 10.0 Å². The molecule has 0 spiro atoms. The fourth-order valence-electron chi connectivity index (χ4n) is 2.10. The van der Waals surface area contributed by atoms with Crippen molar-refractivity contribution in [2.75, 3.05) is 0 Å². The molecular formula is C13H15N3O3. The minimum absolute atomic E-state index is 0.0972. The van der Waals surface area contributed by atoms with Gasteiger partial charge in [0, 0.05) is 22.9 Å². The van der Waals surface area contributed by atoms with Gasteiger partial charge in [0.25, 0.3) is 5.69 Å². The van der Waals surface area contributed by atoms with Crippen LogP contribution in [0.1, 0.15) is 25.2 Å². The molecule has 0 bridgehead atoms. The Kier molecular flexibility index (Phi) is 3.50. The van der Waals surface area contributed by atoms with Crippen LogP contribution in [0.25, 0.3) is 11.1 Å². The first-order chi connectivity index (χ1) is 9.08. The second-order valence-electron chi connectivity index (χ2n) is 4.19. The summed E-state index contributed by atoms with van der Waals surface area (Å²) in [5.74, 6) is -0.0972. The fourth-order valence-corrected chi connectivity index (χ4v) is 2.10. The molecule has 6 nitrogen and oxygen atoms in total. The average molecular weight is 261 g/mol. The molecular weight excluding hydrogens is 246 g/mol. The molecule has 0 aliphatic carbocycles. The van der Waals surface area contributed by atoms with E-state index in [4.69, 9.17) is 0 Å². The van der Waals surface area contributed by atoms with Gasteiger partial charge in [0.05, 0.1) is 16.7 Å². The predicted octanol–water partition coefficient (Wildman–Crippen LogP) is 2.82. The van der Waals surface area contributed by atoms with E-state index in [1.807, 2.05) is 13.8 Å². The first kappa shape index (κ1) is 13.1. The van der Waals surface area contributed by atoms with E-state index >= 15 is 0 Å². The van der Waals surface area contributed by atoms with Crippen LogP contribution in [0.2, 0.25) is 0 Å². The molecule has 0 aliphatic heterocycles. The summed E-state index contributed by atoms with van der Waals surface area (Å²) < 4.78 is 0. The van der Waals surface area contributed by atoms with Gasteiger partial charge in [0.15, 0.2) is 0 Å². The van der Waals surface area contributed by atoms with Gasteiger partial charge in [-0.2, -0.15) is 5.10 Å². The van der Waals surface area contributed by atoms with E-state index in [0.717, 1.165) is 29.8 Å². The number of hydrogen-bond donors (Lipinski definition) is 2. The van der Waals surface area contributed by atoms with E-state index in [9.17, 15) is 15.2 Å². The van der Waals surface area contributed by atoms with Crippen LogP contribution in [0.5, 0.6) is 5.75 Å². The van der Waals surface area contributed by atoms with Crippen LogP contribution in [-0.4, -0.2) is 20.2 Å². The molecule has 0 saturated carbocycles. The molecule has 0 atom stereocenters. The number of phenols is 1. The fraction of sp³-hybridized carbons (Fsp3) is 0.308. The summed E-state index contributed by atoms with van der Waals surface area (Å²) in [6, 6.07) is 4.12. The number of aromatic nitrogens is 2. The number of nitro groups is 1. The van der Waals surface area contributed by atoms with Crippen LogP contribution in [0.3, 0.4) is 0 Å². The van der Waals surface area contributed by atoms with Crippen LogP contribution in [0.15, 0.2) is 18.2 Å². The lowest BCUT2D eigenvalue weighted by molar-refractivity contribution is -0.384. The van der Waals surface area contributed by atoms with Crippen molar-refractivity contribution in [3.05, 3.63) is 39.7 Å². The van der Waals surface area contributed by atoms with Crippen LogP contribution in [0.4, 0.5) is 5.69 Å². The highest BCUT2D eigenvalue weighted by Gasteiger charge is 2.18. The zero-order valence-corrected chi connectivity index (χ0v) is 10.8. The first-order valence-corrected chi connectivity index (χ1v) is 6.12. The maximum Gasteiger partial charge on any atom is 0.273 e. The Labute approximate surface area is 110 Å². The highest BCUT2D eigenvalue weighted by molar-refractivity contribution is 5.75. The van der Waals surface area contributed by atoms with Gasteiger partial charge >= 0.3 is 0 Å². The number of nitrogens with zero attached hydrogens (tertiary/aromatic N) is 2. The molecule has 2 rings (SSSR count). The summed E-state index contributed by atoms with van der Waals surface area (Å²) in [6.45, 7) is 3.96. The number of hydrogen-bond acceptors (Lipinski definition) is 4. The molecule has 0 fully saturated rings. The number of nitrogens with one attached hydrogen (secondary N) is 1. The molecule has 0 saturated heterocycles. The van der Waals surface area contributed by atoms with Crippen molar-refractivity contribution in [3.63, 3.8) is 0 Å². The third-order valence-electron chi connectivity index (χ3n) is 3.07. The number of nitro benzene ring substituents is 1. The van der Waals surface area contributed by atoms with Crippen molar-refractivity contribution >= 4 is 5.69 Å². The quantitative estimate of drug-likeness (QED) is 0.653. The highest BCUT2D eigenvalue weighted by Crippen LogP contribution is 2.36. The molecule has 0 aliphatic rings. The van der Waals surface area contributed by atoms with Crippen molar-refractivity contribution in [2.24, 2.45) is 0 Å². The summed E-state index contributed by atoms with van der Waals surface area (Å²) in [5.41, 5.74) is 3.06. The molecule has 100 valence electrons. The van der Waals surface area contributed by atoms with E-state index in [2.05, 4.69) is 10.2 Å². The normalized spacial score (nSPS) is 10.6. The molecule has 2 N–H and O–H groups in total. The largest absolute Gasteiger partial charge is 0.507 e. The van der Waals surface area contributed by atoms with Crippen LogP contribution in [0, 0.1) is 10.1 Å². The zero-order valence-electron chi connectivity index (χ0n) is 10.8. The van der Waals surface area contributed by atoms with Crippen molar-refractivity contribution in [3.8, 4) is 16.9 Å². The Balaban J connectivity index is 2.59. The van der Waals surface area contributed by atoms with E-state index in [0.29, 0.717) is 5.56 Å². The van der Waals surface area contributed by atoms with Gasteiger partial charge in [0.1, 0.15) is 5.75 Å². The van der Waals surface area contributed by atoms with E-state index in [1.54, 1.807) is 6.07 Å². The van der Waals surface area contributed by atoms with Crippen molar-refractivity contribution in [1.29, 1.82) is 0 Å². The summed E-state index contributed by atoms with van der Waals surface area (Å²) in [4.78, 5) is 10.1. The lowest BCUT2D eigenvalue weighted by atomic mass is 9.99. The molecule has 19 heavy (non-hydrogen) atoms. The molecule has 1 aromatic heterocycles. The molecule has 0 unspecified atom stereocenters. The van der Waals surface area contributed by atoms with Gasteiger partial charge in [-0.05, 0) is 18.9 Å². The summed E-state index contributed by atoms with van der Waals surface area (Å²) in [6.07, 6.45) is 1.47. The van der Waals surface area contributed by atoms with Gasteiger partial charge in [-0.25, -0.2) is 0 Å². The second kappa shape index (κ2) is 5.09. The minimum atomic E-state index is -0.527. The Bertz CT molecular complexity index is 598. The number of aromatic hydroxyl groups is 1. The van der Waals surface area contributed by atoms with E-state index in [-0.39, 0.29) is 11.4 Å². The Morgan fingerprint density at radius 2 is 2.11 bits per heavy atom. The number of benzene rings is 1. The molecule has 1 aromatic carbocycles. The maximum absolute atomic E-state index is 10.7. The predicted molar refractivity (Wildman–Crippen MR) is 71.1 cm³/mol. The summed E-state index contributed by atoms with van der Waals surface area (Å²) in [7, 11) is 0. The van der Waals surface area contributed by atoms with Crippen molar-refractivity contribution in [2.45, 2.75) is 26.7 Å². The SMILES string of the molecule is CCc1n[nH]c(CC)c1-c1ccc([N+](=O)[O-])cc1O. The average Bonchev–Trinajstić information content (AvgIpc) is 2.81. The smallest absolute Gasteiger partial charge is 0.273 e. The Hall–Kier alpha value is -2.37. The van der Waals surface area contributed by atoms with E-state index < -0.39 is 4.92 Å². The zero-order chi connectivity index (χ0) is 14.0. The summed E-state index contributed by atoms with van der Waals surface area (Å²) >= 11 is 0. The first-order valence-electron chi connectivity index (χ1n) is 6.12. The number of aryl methyl sites for hydroxylation is 2. The number of phenolic OH excluding ortho intramolecular Hbond substituents is 1. The second-order valence-corrected chi connectivity index (χ2v) is 4.19. The third kappa shape index (κ3) is 2.29. The van der Waals surface area contributed by atoms with Gasteiger partial charge in [-0.1, -0.05) is 13.8 Å². The topological polar surface area (TPSA) is 92.0 Å². The van der Waals surface area contributed by atoms with Crippen LogP contribution < -0.4 is 0 Å². The highest BCUT2D eigenvalue weighted by atomic mass is 16.6. The number of H-pyrrole nitrogens is 1. The van der Waals surface area contributed by atoms with Crippen LogP contribution in [-0.2, 0) is 12.8 Å².